The van der Waals surface area contributed by atoms with Gasteiger partial charge in [0.25, 0.3) is 0 Å². The zero-order valence-corrected chi connectivity index (χ0v) is 8.64. The largest absolute Gasteiger partial charge is 0.491 e. The van der Waals surface area contributed by atoms with E-state index >= 15 is 0 Å². The van der Waals surface area contributed by atoms with Gasteiger partial charge in [-0.05, 0) is 31.5 Å². The van der Waals surface area contributed by atoms with Gasteiger partial charge in [0.2, 0.25) is 0 Å². The average molecular weight is 218 g/mol. The third kappa shape index (κ3) is 4.72. The molecule has 15 heavy (non-hydrogen) atoms. The summed E-state index contributed by atoms with van der Waals surface area (Å²) in [5.74, 6) is 0.593. The van der Waals surface area contributed by atoms with E-state index in [0.717, 1.165) is 0 Å². The number of benzene rings is 1. The quantitative estimate of drug-likeness (QED) is 0.753. The number of ether oxygens (including phenoxy) is 1. The SMILES string of the molecule is CC(C)Oc1ccc(CC(F)(F)F)cc1. The molecule has 0 radical (unpaired) electrons. The van der Waals surface area contributed by atoms with Crippen LogP contribution in [0.15, 0.2) is 24.3 Å². The molecule has 0 bridgehead atoms. The minimum absolute atomic E-state index is 0.0264. The van der Waals surface area contributed by atoms with E-state index in [9.17, 15) is 13.2 Å². The highest BCUT2D eigenvalue weighted by atomic mass is 19.4. The summed E-state index contributed by atoms with van der Waals surface area (Å²) in [6.45, 7) is 3.73. The molecular weight excluding hydrogens is 205 g/mol. The summed E-state index contributed by atoms with van der Waals surface area (Å²) >= 11 is 0. The van der Waals surface area contributed by atoms with Crippen molar-refractivity contribution >= 4 is 0 Å². The first-order valence-electron chi connectivity index (χ1n) is 4.69. The Morgan fingerprint density at radius 2 is 1.67 bits per heavy atom. The molecule has 0 heterocycles. The van der Waals surface area contributed by atoms with E-state index < -0.39 is 12.6 Å². The lowest BCUT2D eigenvalue weighted by molar-refractivity contribution is -0.127. The highest BCUT2D eigenvalue weighted by Gasteiger charge is 2.27. The van der Waals surface area contributed by atoms with Crippen molar-refractivity contribution in [3.05, 3.63) is 29.8 Å². The van der Waals surface area contributed by atoms with Crippen molar-refractivity contribution in [3.63, 3.8) is 0 Å². The third-order valence-electron chi connectivity index (χ3n) is 1.70. The fraction of sp³-hybridized carbons (Fsp3) is 0.455. The molecule has 4 heteroatoms. The highest BCUT2D eigenvalue weighted by Crippen LogP contribution is 2.22. The van der Waals surface area contributed by atoms with Crippen LogP contribution in [0.2, 0.25) is 0 Å². The Kier molecular flexibility index (Phi) is 3.61. The normalized spacial score (nSPS) is 11.9. The summed E-state index contributed by atoms with van der Waals surface area (Å²) in [6.07, 6.45) is -5.02. The summed E-state index contributed by atoms with van der Waals surface area (Å²) in [7, 11) is 0. The Hall–Kier alpha value is -1.19. The van der Waals surface area contributed by atoms with Gasteiger partial charge < -0.3 is 4.74 Å². The molecule has 0 N–H and O–H groups in total. The van der Waals surface area contributed by atoms with Gasteiger partial charge >= 0.3 is 6.18 Å². The molecular formula is C11H13F3O. The van der Waals surface area contributed by atoms with E-state index in [-0.39, 0.29) is 11.7 Å². The van der Waals surface area contributed by atoms with Crippen molar-refractivity contribution < 1.29 is 17.9 Å². The lowest BCUT2D eigenvalue weighted by Crippen LogP contribution is -2.11. The topological polar surface area (TPSA) is 9.23 Å². The number of halogens is 3. The van der Waals surface area contributed by atoms with Crippen LogP contribution in [0.3, 0.4) is 0 Å². The molecule has 0 amide bonds. The number of hydrogen-bond donors (Lipinski definition) is 0. The second-order valence-corrected chi connectivity index (χ2v) is 3.60. The lowest BCUT2D eigenvalue weighted by Gasteiger charge is -2.10. The van der Waals surface area contributed by atoms with Crippen LogP contribution in [0.1, 0.15) is 19.4 Å². The van der Waals surface area contributed by atoms with Gasteiger partial charge in [0.15, 0.2) is 0 Å². The summed E-state index contributed by atoms with van der Waals surface area (Å²) in [4.78, 5) is 0. The third-order valence-corrected chi connectivity index (χ3v) is 1.70. The molecule has 1 aromatic carbocycles. The minimum Gasteiger partial charge on any atom is -0.491 e. The molecule has 1 aromatic rings. The number of rotatable bonds is 3. The van der Waals surface area contributed by atoms with Crippen LogP contribution >= 0.6 is 0 Å². The van der Waals surface area contributed by atoms with Crippen molar-refractivity contribution in [1.29, 1.82) is 0 Å². The minimum atomic E-state index is -4.15. The molecule has 1 nitrogen and oxygen atoms in total. The van der Waals surface area contributed by atoms with Gasteiger partial charge in [-0.1, -0.05) is 12.1 Å². The van der Waals surface area contributed by atoms with Crippen molar-refractivity contribution in [3.8, 4) is 5.75 Å². The van der Waals surface area contributed by atoms with Crippen LogP contribution in [0.25, 0.3) is 0 Å². The zero-order chi connectivity index (χ0) is 11.5. The smallest absolute Gasteiger partial charge is 0.393 e. The van der Waals surface area contributed by atoms with Crippen LogP contribution in [0.5, 0.6) is 5.75 Å². The second-order valence-electron chi connectivity index (χ2n) is 3.60. The van der Waals surface area contributed by atoms with Crippen molar-refractivity contribution in [1.82, 2.24) is 0 Å². The van der Waals surface area contributed by atoms with E-state index in [0.29, 0.717) is 5.75 Å². The van der Waals surface area contributed by atoms with Crippen LogP contribution in [0.4, 0.5) is 13.2 Å². The number of alkyl halides is 3. The Balaban J connectivity index is 2.64. The van der Waals surface area contributed by atoms with E-state index in [2.05, 4.69) is 0 Å². The van der Waals surface area contributed by atoms with Gasteiger partial charge in [-0.25, -0.2) is 0 Å². The van der Waals surface area contributed by atoms with Crippen LogP contribution in [-0.2, 0) is 6.42 Å². The van der Waals surface area contributed by atoms with E-state index in [1.54, 1.807) is 12.1 Å². The summed E-state index contributed by atoms with van der Waals surface area (Å²) in [6, 6.07) is 5.98. The molecule has 0 saturated carbocycles. The molecule has 84 valence electrons. The van der Waals surface area contributed by atoms with E-state index in [1.165, 1.54) is 12.1 Å². The fourth-order valence-corrected chi connectivity index (χ4v) is 1.19. The predicted octanol–water partition coefficient (Wildman–Crippen LogP) is 3.58. The molecule has 0 aliphatic heterocycles. The first-order chi connectivity index (χ1) is 6.87. The predicted molar refractivity (Wildman–Crippen MR) is 52.0 cm³/mol. The van der Waals surface area contributed by atoms with Gasteiger partial charge in [0.1, 0.15) is 5.75 Å². The van der Waals surface area contributed by atoms with Crippen LogP contribution in [-0.4, -0.2) is 12.3 Å². The Morgan fingerprint density at radius 3 is 2.07 bits per heavy atom. The highest BCUT2D eigenvalue weighted by molar-refractivity contribution is 5.27. The molecule has 0 aliphatic carbocycles. The maximum Gasteiger partial charge on any atom is 0.393 e. The first-order valence-corrected chi connectivity index (χ1v) is 4.69. The van der Waals surface area contributed by atoms with Crippen molar-refractivity contribution in [2.75, 3.05) is 0 Å². The molecule has 0 saturated heterocycles. The molecule has 0 fully saturated rings. The van der Waals surface area contributed by atoms with Gasteiger partial charge in [-0.2, -0.15) is 13.2 Å². The molecule has 0 aliphatic rings. The van der Waals surface area contributed by atoms with Crippen molar-refractivity contribution in [2.45, 2.75) is 32.5 Å². The first kappa shape index (κ1) is 11.9. The summed E-state index contributed by atoms with van der Waals surface area (Å²) < 4.78 is 41.4. The Labute approximate surface area is 86.9 Å². The van der Waals surface area contributed by atoms with Crippen LogP contribution < -0.4 is 4.74 Å². The van der Waals surface area contributed by atoms with Crippen LogP contribution in [0, 0.1) is 0 Å². The molecule has 0 atom stereocenters. The zero-order valence-electron chi connectivity index (χ0n) is 8.64. The second kappa shape index (κ2) is 4.55. The summed E-state index contributed by atoms with van der Waals surface area (Å²) in [5, 5.41) is 0. The van der Waals surface area contributed by atoms with Gasteiger partial charge in [0.05, 0.1) is 12.5 Å². The summed E-state index contributed by atoms with van der Waals surface area (Å²) in [5.41, 5.74) is 0.249. The Morgan fingerprint density at radius 1 is 1.13 bits per heavy atom. The van der Waals surface area contributed by atoms with Gasteiger partial charge in [-0.3, -0.25) is 0 Å². The molecule has 1 rings (SSSR count). The maximum absolute atomic E-state index is 12.0. The van der Waals surface area contributed by atoms with Gasteiger partial charge in [-0.15, -0.1) is 0 Å². The lowest BCUT2D eigenvalue weighted by atomic mass is 10.1. The maximum atomic E-state index is 12.0. The molecule has 0 spiro atoms. The standard InChI is InChI=1S/C11H13F3O/c1-8(2)15-10-5-3-9(4-6-10)7-11(12,13)14/h3-6,8H,7H2,1-2H3. The average Bonchev–Trinajstić information content (AvgIpc) is 2.05. The van der Waals surface area contributed by atoms with Gasteiger partial charge in [0, 0.05) is 0 Å². The Bertz CT molecular complexity index is 301. The molecule has 0 aromatic heterocycles. The van der Waals surface area contributed by atoms with E-state index in [4.69, 9.17) is 4.74 Å². The monoisotopic (exact) mass is 218 g/mol. The van der Waals surface area contributed by atoms with Crippen molar-refractivity contribution in [2.24, 2.45) is 0 Å². The fourth-order valence-electron chi connectivity index (χ4n) is 1.19. The number of hydrogen-bond acceptors (Lipinski definition) is 1. The van der Waals surface area contributed by atoms with E-state index in [1.807, 2.05) is 13.8 Å². The molecule has 0 unspecified atom stereocenters.